The van der Waals surface area contributed by atoms with Gasteiger partial charge in [-0.1, -0.05) is 19.1 Å². The molecule has 124 valence electrons. The maximum absolute atomic E-state index is 12.9. The molecule has 0 saturated heterocycles. The van der Waals surface area contributed by atoms with Crippen molar-refractivity contribution < 1.29 is 13.9 Å². The average Bonchev–Trinajstić information content (AvgIpc) is 2.93. The van der Waals surface area contributed by atoms with E-state index in [-0.39, 0.29) is 5.78 Å². The van der Waals surface area contributed by atoms with E-state index in [2.05, 4.69) is 6.92 Å². The summed E-state index contributed by atoms with van der Waals surface area (Å²) >= 11 is 0. The molecule has 3 aromatic rings. The van der Waals surface area contributed by atoms with Crippen LogP contribution >= 0.6 is 0 Å². The van der Waals surface area contributed by atoms with E-state index in [0.29, 0.717) is 23.3 Å². The van der Waals surface area contributed by atoms with Gasteiger partial charge in [0, 0.05) is 23.9 Å². The van der Waals surface area contributed by atoms with Crippen LogP contribution in [0.2, 0.25) is 0 Å². The quantitative estimate of drug-likeness (QED) is 0.539. The van der Waals surface area contributed by atoms with E-state index < -0.39 is 0 Å². The van der Waals surface area contributed by atoms with E-state index in [4.69, 9.17) is 14.9 Å². The van der Waals surface area contributed by atoms with Crippen molar-refractivity contribution in [2.24, 2.45) is 0 Å². The minimum atomic E-state index is 0.0490. The lowest BCUT2D eigenvalue weighted by molar-refractivity contribution is 0.0992. The van der Waals surface area contributed by atoms with Crippen LogP contribution in [-0.4, -0.2) is 12.9 Å². The third-order valence-corrected chi connectivity index (χ3v) is 4.06. The van der Waals surface area contributed by atoms with Crippen molar-refractivity contribution in [1.82, 2.24) is 0 Å². The van der Waals surface area contributed by atoms with Crippen molar-refractivity contribution in [2.45, 2.75) is 26.2 Å². The van der Waals surface area contributed by atoms with Crippen LogP contribution in [0.4, 0.5) is 5.69 Å². The van der Waals surface area contributed by atoms with E-state index in [1.54, 1.807) is 13.2 Å². The van der Waals surface area contributed by atoms with Gasteiger partial charge < -0.3 is 14.9 Å². The minimum Gasteiger partial charge on any atom is -0.497 e. The molecule has 0 fully saturated rings. The monoisotopic (exact) mass is 323 g/mol. The number of Topliss-reactive ketones (excluding diaryl/α,β-unsaturated/α-hetero) is 1. The molecule has 24 heavy (non-hydrogen) atoms. The van der Waals surface area contributed by atoms with Crippen LogP contribution in [0, 0.1) is 0 Å². The molecular formula is C20H21NO3. The predicted molar refractivity (Wildman–Crippen MR) is 95.6 cm³/mol. The molecule has 0 saturated carbocycles. The van der Waals surface area contributed by atoms with Gasteiger partial charge in [0.25, 0.3) is 0 Å². The van der Waals surface area contributed by atoms with Crippen molar-refractivity contribution in [1.29, 1.82) is 0 Å². The number of carbonyl (C=O) groups excluding carboxylic acids is 1. The van der Waals surface area contributed by atoms with Gasteiger partial charge in [-0.2, -0.15) is 0 Å². The van der Waals surface area contributed by atoms with Crippen molar-refractivity contribution in [3.63, 3.8) is 0 Å². The molecule has 4 nitrogen and oxygen atoms in total. The zero-order valence-corrected chi connectivity index (χ0v) is 14.0. The number of hydrogen-bond donors (Lipinski definition) is 1. The highest BCUT2D eigenvalue weighted by atomic mass is 16.5. The van der Waals surface area contributed by atoms with Crippen molar-refractivity contribution in [3.8, 4) is 5.75 Å². The number of furan rings is 1. The number of ether oxygens (including phenoxy) is 1. The first-order chi connectivity index (χ1) is 11.6. The lowest BCUT2D eigenvalue weighted by Gasteiger charge is -2.04. The zero-order valence-electron chi connectivity index (χ0n) is 14.0. The van der Waals surface area contributed by atoms with Gasteiger partial charge in [0.05, 0.1) is 12.7 Å². The van der Waals surface area contributed by atoms with Gasteiger partial charge in [0.2, 0.25) is 0 Å². The number of rotatable bonds is 6. The van der Waals surface area contributed by atoms with Gasteiger partial charge in [-0.15, -0.1) is 0 Å². The molecule has 0 aliphatic rings. The Hall–Kier alpha value is -2.75. The molecule has 0 bridgehead atoms. The molecule has 2 N–H and O–H groups in total. The highest BCUT2D eigenvalue weighted by molar-refractivity contribution is 6.09. The Labute approximate surface area is 141 Å². The first-order valence-electron chi connectivity index (χ1n) is 8.09. The van der Waals surface area contributed by atoms with Crippen LogP contribution in [0.1, 0.15) is 35.0 Å². The maximum atomic E-state index is 12.9. The first-order valence-corrected chi connectivity index (χ1v) is 8.09. The predicted octanol–water partition coefficient (Wildman–Crippen LogP) is 4.40. The van der Waals surface area contributed by atoms with Crippen LogP contribution in [0.25, 0.3) is 11.0 Å². The SMILES string of the molecule is CCCc1oc2ccc(N)cc2c1C(=O)Cc1ccc(OC)cc1. The molecule has 0 aliphatic carbocycles. The summed E-state index contributed by atoms with van der Waals surface area (Å²) in [6.07, 6.45) is 1.97. The lowest BCUT2D eigenvalue weighted by atomic mass is 9.98. The Morgan fingerprint density at radius 1 is 1.17 bits per heavy atom. The molecule has 0 amide bonds. The minimum absolute atomic E-state index is 0.0490. The van der Waals surface area contributed by atoms with Gasteiger partial charge in [-0.3, -0.25) is 4.79 Å². The molecule has 3 rings (SSSR count). The Bertz CT molecular complexity index is 862. The van der Waals surface area contributed by atoms with Crippen LogP contribution in [0.5, 0.6) is 5.75 Å². The summed E-state index contributed by atoms with van der Waals surface area (Å²) in [7, 11) is 1.62. The molecule has 0 aliphatic heterocycles. The van der Waals surface area contributed by atoms with Crippen molar-refractivity contribution in [3.05, 3.63) is 59.4 Å². The number of fused-ring (bicyclic) bond motifs is 1. The Balaban J connectivity index is 1.97. The molecule has 1 aromatic heterocycles. The Morgan fingerprint density at radius 2 is 1.92 bits per heavy atom. The third-order valence-electron chi connectivity index (χ3n) is 4.06. The van der Waals surface area contributed by atoms with Gasteiger partial charge in [0.15, 0.2) is 5.78 Å². The molecule has 0 radical (unpaired) electrons. The number of nitrogens with two attached hydrogens (primary N) is 1. The normalized spacial score (nSPS) is 10.9. The number of aryl methyl sites for hydroxylation is 1. The molecule has 0 atom stereocenters. The van der Waals surface area contributed by atoms with Crippen molar-refractivity contribution >= 4 is 22.4 Å². The van der Waals surface area contributed by atoms with Gasteiger partial charge in [0.1, 0.15) is 17.1 Å². The second kappa shape index (κ2) is 6.79. The fourth-order valence-electron chi connectivity index (χ4n) is 2.89. The van der Waals surface area contributed by atoms with E-state index in [0.717, 1.165) is 35.3 Å². The Kier molecular flexibility index (Phi) is 4.56. The van der Waals surface area contributed by atoms with E-state index in [1.807, 2.05) is 36.4 Å². The molecule has 4 heteroatoms. The second-order valence-electron chi connectivity index (χ2n) is 5.85. The summed E-state index contributed by atoms with van der Waals surface area (Å²) in [5.41, 5.74) is 8.84. The topological polar surface area (TPSA) is 65.5 Å². The molecule has 0 spiro atoms. The summed E-state index contributed by atoms with van der Waals surface area (Å²) in [5, 5.41) is 0.803. The van der Waals surface area contributed by atoms with Crippen molar-refractivity contribution in [2.75, 3.05) is 12.8 Å². The van der Waals surface area contributed by atoms with Gasteiger partial charge in [-0.25, -0.2) is 0 Å². The molecule has 1 heterocycles. The van der Waals surface area contributed by atoms with E-state index >= 15 is 0 Å². The summed E-state index contributed by atoms with van der Waals surface area (Å²) < 4.78 is 11.0. The van der Waals surface area contributed by atoms with Crippen LogP contribution < -0.4 is 10.5 Å². The maximum Gasteiger partial charge on any atom is 0.171 e. The van der Waals surface area contributed by atoms with E-state index in [9.17, 15) is 4.79 Å². The number of hydrogen-bond acceptors (Lipinski definition) is 4. The standard InChI is InChI=1S/C20H21NO3/c1-3-4-19-20(16-12-14(21)7-10-18(16)24-19)17(22)11-13-5-8-15(23-2)9-6-13/h5-10,12H,3-4,11,21H2,1-2H3. The van der Waals surface area contributed by atoms with Crippen LogP contribution in [0.3, 0.4) is 0 Å². The molecule has 0 unspecified atom stereocenters. The summed E-state index contributed by atoms with van der Waals surface area (Å²) in [5.74, 6) is 1.57. The van der Waals surface area contributed by atoms with Gasteiger partial charge >= 0.3 is 0 Å². The number of carbonyl (C=O) groups is 1. The summed E-state index contributed by atoms with van der Waals surface area (Å²) in [6, 6.07) is 13.0. The number of ketones is 1. The lowest BCUT2D eigenvalue weighted by Crippen LogP contribution is -2.06. The summed E-state index contributed by atoms with van der Waals surface area (Å²) in [6.45, 7) is 2.07. The zero-order chi connectivity index (χ0) is 17.1. The number of benzene rings is 2. The number of anilines is 1. The third kappa shape index (κ3) is 3.13. The number of nitrogen functional groups attached to an aromatic ring is 1. The average molecular weight is 323 g/mol. The largest absolute Gasteiger partial charge is 0.497 e. The van der Waals surface area contributed by atoms with Crippen LogP contribution in [0.15, 0.2) is 46.9 Å². The first kappa shape index (κ1) is 16.1. The highest BCUT2D eigenvalue weighted by Gasteiger charge is 2.20. The molecule has 2 aromatic carbocycles. The number of methoxy groups -OCH3 is 1. The van der Waals surface area contributed by atoms with Crippen LogP contribution in [-0.2, 0) is 12.8 Å². The second-order valence-corrected chi connectivity index (χ2v) is 5.85. The smallest absolute Gasteiger partial charge is 0.171 e. The highest BCUT2D eigenvalue weighted by Crippen LogP contribution is 2.30. The fraction of sp³-hybridized carbons (Fsp3) is 0.250. The summed E-state index contributed by atoms with van der Waals surface area (Å²) in [4.78, 5) is 12.9. The Morgan fingerprint density at radius 3 is 2.58 bits per heavy atom. The van der Waals surface area contributed by atoms with E-state index in [1.165, 1.54) is 0 Å². The fourth-order valence-corrected chi connectivity index (χ4v) is 2.89. The molecular weight excluding hydrogens is 302 g/mol. The van der Waals surface area contributed by atoms with Gasteiger partial charge in [-0.05, 0) is 42.3 Å².